The Morgan fingerprint density at radius 1 is 1.56 bits per heavy atom. The predicted octanol–water partition coefficient (Wildman–Crippen LogP) is 1.86. The summed E-state index contributed by atoms with van der Waals surface area (Å²) in [6.45, 7) is -0.0485. The molecule has 0 fully saturated rings. The molecular weight excluding hydrogens is 272 g/mol. The number of hydrogen-bond acceptors (Lipinski definition) is 3. The Balaban J connectivity index is 2.78. The molecule has 0 aliphatic rings. The maximum atomic E-state index is 10.8. The Hall–Kier alpha value is -1.31. The first kappa shape index (κ1) is 12.8. The van der Waals surface area contributed by atoms with Gasteiger partial charge in [0.1, 0.15) is 6.42 Å². The molecule has 0 unspecified atom stereocenters. The summed E-state index contributed by atoms with van der Waals surface area (Å²) in [6.07, 6.45) is 0.0705. The average Bonchev–Trinajstić information content (AvgIpc) is 2.31. The summed E-state index contributed by atoms with van der Waals surface area (Å²) in [5.74, 6) is 5.18. The molecule has 3 nitrogen and oxygen atoms in total. The molecule has 1 N–H and O–H groups in total. The van der Waals surface area contributed by atoms with E-state index in [4.69, 9.17) is 5.11 Å². The maximum absolute atomic E-state index is 10.8. The molecule has 84 valence electrons. The van der Waals surface area contributed by atoms with Crippen molar-refractivity contribution in [2.45, 2.75) is 13.0 Å². The van der Waals surface area contributed by atoms with Crippen LogP contribution in [0.3, 0.4) is 0 Å². The van der Waals surface area contributed by atoms with Crippen LogP contribution in [-0.4, -0.2) is 18.2 Å². The van der Waals surface area contributed by atoms with Gasteiger partial charge in [-0.05, 0) is 23.8 Å². The Morgan fingerprint density at radius 2 is 2.31 bits per heavy atom. The highest BCUT2D eigenvalue weighted by Crippen LogP contribution is 2.17. The van der Waals surface area contributed by atoms with Gasteiger partial charge in [-0.3, -0.25) is 4.79 Å². The largest absolute Gasteiger partial charge is 0.468 e. The van der Waals surface area contributed by atoms with Gasteiger partial charge in [0.05, 0.1) is 13.7 Å². The fraction of sp³-hybridized carbons (Fsp3) is 0.250. The van der Waals surface area contributed by atoms with E-state index in [1.807, 2.05) is 12.1 Å². The minimum absolute atomic E-state index is 0.0485. The first-order chi connectivity index (χ1) is 7.67. The van der Waals surface area contributed by atoms with Crippen molar-refractivity contribution in [3.8, 4) is 11.8 Å². The highest BCUT2D eigenvalue weighted by molar-refractivity contribution is 9.10. The standard InChI is InChI=1S/C12H11BrO3/c1-16-12(15)4-2-3-9-5-6-11(13)10(7-9)8-14/h5-7,14H,4,8H2,1H3. The maximum Gasteiger partial charge on any atom is 0.317 e. The quantitative estimate of drug-likeness (QED) is 0.665. The van der Waals surface area contributed by atoms with Crippen LogP contribution in [0, 0.1) is 11.8 Å². The zero-order chi connectivity index (χ0) is 12.0. The minimum atomic E-state index is -0.355. The van der Waals surface area contributed by atoms with Gasteiger partial charge in [-0.25, -0.2) is 0 Å². The molecule has 1 rings (SSSR count). The number of esters is 1. The van der Waals surface area contributed by atoms with Crippen molar-refractivity contribution in [2.75, 3.05) is 7.11 Å². The Bertz CT molecular complexity index is 443. The molecule has 16 heavy (non-hydrogen) atoms. The smallest absolute Gasteiger partial charge is 0.317 e. The van der Waals surface area contributed by atoms with Crippen molar-refractivity contribution < 1.29 is 14.6 Å². The lowest BCUT2D eigenvalue weighted by Crippen LogP contribution is -1.97. The zero-order valence-electron chi connectivity index (χ0n) is 8.79. The summed E-state index contributed by atoms with van der Waals surface area (Å²) >= 11 is 3.31. The van der Waals surface area contributed by atoms with Crippen LogP contribution < -0.4 is 0 Å². The van der Waals surface area contributed by atoms with E-state index in [2.05, 4.69) is 32.5 Å². The number of halogens is 1. The van der Waals surface area contributed by atoms with Crippen LogP contribution in [-0.2, 0) is 16.1 Å². The molecule has 4 heteroatoms. The number of rotatable bonds is 2. The van der Waals surface area contributed by atoms with Crippen molar-refractivity contribution in [3.05, 3.63) is 33.8 Å². The second-order valence-corrected chi connectivity index (χ2v) is 3.87. The number of methoxy groups -OCH3 is 1. The highest BCUT2D eigenvalue weighted by Gasteiger charge is 1.99. The van der Waals surface area contributed by atoms with Crippen LogP contribution in [0.1, 0.15) is 17.5 Å². The summed E-state index contributed by atoms with van der Waals surface area (Å²) in [5.41, 5.74) is 1.53. The molecule has 0 bridgehead atoms. The van der Waals surface area contributed by atoms with E-state index in [0.29, 0.717) is 0 Å². The molecule has 0 radical (unpaired) electrons. The van der Waals surface area contributed by atoms with Crippen molar-refractivity contribution >= 4 is 21.9 Å². The number of hydrogen-bond donors (Lipinski definition) is 1. The Labute approximate surface area is 103 Å². The molecule has 1 aromatic carbocycles. The van der Waals surface area contributed by atoms with E-state index in [-0.39, 0.29) is 19.0 Å². The molecule has 0 spiro atoms. The van der Waals surface area contributed by atoms with Crippen LogP contribution in [0.5, 0.6) is 0 Å². The van der Waals surface area contributed by atoms with Gasteiger partial charge >= 0.3 is 5.97 Å². The van der Waals surface area contributed by atoms with Gasteiger partial charge in [-0.1, -0.05) is 27.8 Å². The van der Waals surface area contributed by atoms with Gasteiger partial charge in [-0.15, -0.1) is 0 Å². The molecular formula is C12H11BrO3. The second-order valence-electron chi connectivity index (χ2n) is 3.02. The molecule has 0 heterocycles. The third kappa shape index (κ3) is 3.69. The van der Waals surface area contributed by atoms with Crippen molar-refractivity contribution in [1.82, 2.24) is 0 Å². The fourth-order valence-electron chi connectivity index (χ4n) is 1.06. The third-order valence-corrected chi connectivity index (χ3v) is 2.68. The number of aliphatic hydroxyl groups is 1. The normalized spacial score (nSPS) is 9.19. The summed E-state index contributed by atoms with van der Waals surface area (Å²) in [6, 6.07) is 5.40. The molecule has 0 atom stereocenters. The number of aliphatic hydroxyl groups excluding tert-OH is 1. The molecule has 0 saturated carbocycles. The van der Waals surface area contributed by atoms with Crippen LogP contribution in [0.4, 0.5) is 0 Å². The van der Waals surface area contributed by atoms with Gasteiger partial charge in [0, 0.05) is 10.0 Å². The molecule has 0 saturated heterocycles. The van der Waals surface area contributed by atoms with Gasteiger partial charge in [-0.2, -0.15) is 0 Å². The van der Waals surface area contributed by atoms with E-state index in [0.717, 1.165) is 15.6 Å². The number of carbonyl (C=O) groups is 1. The summed E-state index contributed by atoms with van der Waals surface area (Å²) < 4.78 is 5.30. The van der Waals surface area contributed by atoms with E-state index in [1.54, 1.807) is 6.07 Å². The lowest BCUT2D eigenvalue weighted by molar-refractivity contribution is -0.139. The van der Waals surface area contributed by atoms with Gasteiger partial charge in [0.25, 0.3) is 0 Å². The number of ether oxygens (including phenoxy) is 1. The van der Waals surface area contributed by atoms with Crippen molar-refractivity contribution in [1.29, 1.82) is 0 Å². The van der Waals surface area contributed by atoms with Crippen molar-refractivity contribution in [2.24, 2.45) is 0 Å². The molecule has 0 aliphatic carbocycles. The van der Waals surface area contributed by atoms with Gasteiger partial charge < -0.3 is 9.84 Å². The summed E-state index contributed by atoms with van der Waals surface area (Å²) in [4.78, 5) is 10.8. The van der Waals surface area contributed by atoms with E-state index in [9.17, 15) is 4.79 Å². The van der Waals surface area contributed by atoms with Crippen LogP contribution in [0.25, 0.3) is 0 Å². The summed E-state index contributed by atoms with van der Waals surface area (Å²) in [7, 11) is 1.33. The number of benzene rings is 1. The summed E-state index contributed by atoms with van der Waals surface area (Å²) in [5, 5.41) is 9.04. The molecule has 0 aliphatic heterocycles. The highest BCUT2D eigenvalue weighted by atomic mass is 79.9. The minimum Gasteiger partial charge on any atom is -0.468 e. The number of carbonyl (C=O) groups excluding carboxylic acids is 1. The molecule has 0 aromatic heterocycles. The SMILES string of the molecule is COC(=O)CC#Cc1ccc(Br)c(CO)c1. The average molecular weight is 283 g/mol. The molecule has 0 amide bonds. The van der Waals surface area contributed by atoms with Gasteiger partial charge in [0.15, 0.2) is 0 Å². The van der Waals surface area contributed by atoms with E-state index >= 15 is 0 Å². The van der Waals surface area contributed by atoms with E-state index < -0.39 is 0 Å². The topological polar surface area (TPSA) is 46.5 Å². The molecule has 1 aromatic rings. The fourth-order valence-corrected chi connectivity index (χ4v) is 1.44. The van der Waals surface area contributed by atoms with E-state index in [1.165, 1.54) is 7.11 Å². The zero-order valence-corrected chi connectivity index (χ0v) is 10.4. The lowest BCUT2D eigenvalue weighted by atomic mass is 10.1. The first-order valence-electron chi connectivity index (χ1n) is 4.62. The van der Waals surface area contributed by atoms with Crippen LogP contribution >= 0.6 is 15.9 Å². The van der Waals surface area contributed by atoms with Crippen molar-refractivity contribution in [3.63, 3.8) is 0 Å². The Morgan fingerprint density at radius 3 is 2.94 bits per heavy atom. The first-order valence-corrected chi connectivity index (χ1v) is 5.41. The third-order valence-electron chi connectivity index (χ3n) is 1.91. The predicted molar refractivity (Wildman–Crippen MR) is 63.6 cm³/mol. The van der Waals surface area contributed by atoms with Gasteiger partial charge in [0.2, 0.25) is 0 Å². The second kappa shape index (κ2) is 6.31. The monoisotopic (exact) mass is 282 g/mol. The lowest BCUT2D eigenvalue weighted by Gasteiger charge is -2.00. The van der Waals surface area contributed by atoms with Crippen LogP contribution in [0.15, 0.2) is 22.7 Å². The Kier molecular flexibility index (Phi) is 5.03. The van der Waals surface area contributed by atoms with Crippen LogP contribution in [0.2, 0.25) is 0 Å².